The van der Waals surface area contributed by atoms with Crippen LogP contribution in [0.3, 0.4) is 0 Å². The molecular formula is C31H26O4. The topological polar surface area (TPSA) is 63.6 Å². The van der Waals surface area contributed by atoms with Crippen LogP contribution in [-0.4, -0.2) is 23.8 Å². The van der Waals surface area contributed by atoms with E-state index in [-0.39, 0.29) is 17.3 Å². The number of ether oxygens (including phenoxy) is 1. The van der Waals surface area contributed by atoms with Gasteiger partial charge in [-0.2, -0.15) is 0 Å². The number of aromatic hydroxyl groups is 1. The van der Waals surface area contributed by atoms with Gasteiger partial charge in [0.15, 0.2) is 23.1 Å². The first-order chi connectivity index (χ1) is 17.0. The number of hydrogen-bond acceptors (Lipinski definition) is 4. The summed E-state index contributed by atoms with van der Waals surface area (Å²) in [5, 5.41) is 10.6. The van der Waals surface area contributed by atoms with Crippen molar-refractivity contribution in [3.8, 4) is 11.5 Å². The zero-order chi connectivity index (χ0) is 24.6. The quantitative estimate of drug-likeness (QED) is 0.521. The van der Waals surface area contributed by atoms with Gasteiger partial charge in [0.25, 0.3) is 0 Å². The van der Waals surface area contributed by atoms with Gasteiger partial charge in [0.05, 0.1) is 12.5 Å². The molecule has 1 N–H and O–H groups in total. The first kappa shape index (κ1) is 22.6. The molecule has 35 heavy (non-hydrogen) atoms. The van der Waals surface area contributed by atoms with Gasteiger partial charge in [0.1, 0.15) is 0 Å². The predicted octanol–water partition coefficient (Wildman–Crippen LogP) is 5.79. The van der Waals surface area contributed by atoms with Crippen molar-refractivity contribution in [2.24, 2.45) is 5.92 Å². The van der Waals surface area contributed by atoms with Crippen LogP contribution in [0.5, 0.6) is 11.5 Å². The lowest BCUT2D eigenvalue weighted by molar-refractivity contribution is -0.131. The largest absolute Gasteiger partial charge is 0.504 e. The number of allylic oxidation sites excluding steroid dienone is 5. The molecule has 0 saturated carbocycles. The van der Waals surface area contributed by atoms with Crippen molar-refractivity contribution < 1.29 is 19.4 Å². The van der Waals surface area contributed by atoms with Crippen LogP contribution in [0.15, 0.2) is 109 Å². The van der Waals surface area contributed by atoms with Gasteiger partial charge >= 0.3 is 0 Å². The fourth-order valence-electron chi connectivity index (χ4n) is 5.77. The van der Waals surface area contributed by atoms with Crippen LogP contribution in [0.2, 0.25) is 0 Å². The summed E-state index contributed by atoms with van der Waals surface area (Å²) in [6, 6.07) is 24.0. The van der Waals surface area contributed by atoms with E-state index in [9.17, 15) is 14.7 Å². The second kappa shape index (κ2) is 8.88. The van der Waals surface area contributed by atoms with E-state index >= 15 is 0 Å². The van der Waals surface area contributed by atoms with Crippen LogP contribution >= 0.6 is 0 Å². The molecule has 0 heterocycles. The molecule has 4 heteroatoms. The summed E-state index contributed by atoms with van der Waals surface area (Å²) in [6.07, 6.45) is 5.69. The second-order valence-electron chi connectivity index (χ2n) is 8.95. The van der Waals surface area contributed by atoms with E-state index in [1.54, 1.807) is 18.2 Å². The minimum atomic E-state index is -1.17. The van der Waals surface area contributed by atoms with Gasteiger partial charge in [-0.25, -0.2) is 0 Å². The molecule has 3 unspecified atom stereocenters. The van der Waals surface area contributed by atoms with Crippen LogP contribution in [0.1, 0.15) is 29.0 Å². The van der Waals surface area contributed by atoms with Gasteiger partial charge in [-0.15, -0.1) is 0 Å². The monoisotopic (exact) mass is 462 g/mol. The highest BCUT2D eigenvalue weighted by Crippen LogP contribution is 2.57. The minimum absolute atomic E-state index is 0.0196. The fraction of sp³-hybridized carbons (Fsp3) is 0.161. The number of ketones is 2. The van der Waals surface area contributed by atoms with Gasteiger partial charge in [0, 0.05) is 17.4 Å². The predicted molar refractivity (Wildman–Crippen MR) is 136 cm³/mol. The molecule has 0 saturated heterocycles. The average molecular weight is 463 g/mol. The average Bonchev–Trinajstić information content (AvgIpc) is 2.90. The Bertz CT molecular complexity index is 1370. The third-order valence-electron chi connectivity index (χ3n) is 7.30. The van der Waals surface area contributed by atoms with Crippen LogP contribution in [-0.2, 0) is 15.0 Å². The summed E-state index contributed by atoms with van der Waals surface area (Å²) in [5.41, 5.74) is 2.37. The summed E-state index contributed by atoms with van der Waals surface area (Å²) < 4.78 is 5.24. The summed E-state index contributed by atoms with van der Waals surface area (Å²) in [6.45, 7) is 4.02. The lowest BCUT2D eigenvalue weighted by Gasteiger charge is -2.49. The van der Waals surface area contributed by atoms with E-state index in [1.807, 2.05) is 72.8 Å². The van der Waals surface area contributed by atoms with E-state index in [0.717, 1.165) is 22.3 Å². The molecule has 0 aromatic heterocycles. The van der Waals surface area contributed by atoms with Gasteiger partial charge < -0.3 is 9.84 Å². The SMILES string of the molecule is C=CC1=CCC2C(=O)C(c3ccccc3)=CC(=O)C2(c2ccccc2)C1c1ccc(OC)c(O)c1. The van der Waals surface area contributed by atoms with E-state index < -0.39 is 17.3 Å². The van der Waals surface area contributed by atoms with E-state index in [1.165, 1.54) is 13.2 Å². The normalized spacial score (nSPS) is 23.7. The first-order valence-corrected chi connectivity index (χ1v) is 11.6. The maximum absolute atomic E-state index is 14.4. The van der Waals surface area contributed by atoms with E-state index in [4.69, 9.17) is 4.74 Å². The molecule has 0 radical (unpaired) electrons. The summed E-state index contributed by atoms with van der Waals surface area (Å²) >= 11 is 0. The van der Waals surface area contributed by atoms with Gasteiger partial charge in [-0.3, -0.25) is 9.59 Å². The second-order valence-corrected chi connectivity index (χ2v) is 8.95. The number of fused-ring (bicyclic) bond motifs is 1. The first-order valence-electron chi connectivity index (χ1n) is 11.6. The Morgan fingerprint density at radius 3 is 2.31 bits per heavy atom. The highest BCUT2D eigenvalue weighted by molar-refractivity contribution is 6.31. The molecule has 3 aromatic carbocycles. The van der Waals surface area contributed by atoms with E-state index in [0.29, 0.717) is 17.7 Å². The molecule has 2 aliphatic rings. The van der Waals surface area contributed by atoms with Gasteiger partial charge in [-0.1, -0.05) is 85.5 Å². The Labute approximate surface area is 204 Å². The van der Waals surface area contributed by atoms with Crippen molar-refractivity contribution in [1.82, 2.24) is 0 Å². The lowest BCUT2D eigenvalue weighted by atomic mass is 9.50. The number of methoxy groups -OCH3 is 1. The number of rotatable bonds is 5. The summed E-state index contributed by atoms with van der Waals surface area (Å²) in [5.74, 6) is -0.967. The molecule has 0 spiro atoms. The van der Waals surface area contributed by atoms with Crippen LogP contribution in [0.25, 0.3) is 5.57 Å². The Kier molecular flexibility index (Phi) is 5.73. The van der Waals surface area contributed by atoms with Crippen molar-refractivity contribution in [1.29, 1.82) is 0 Å². The smallest absolute Gasteiger partial charge is 0.168 e. The maximum atomic E-state index is 14.4. The lowest BCUT2D eigenvalue weighted by Crippen LogP contribution is -2.54. The molecule has 3 atom stereocenters. The molecule has 0 amide bonds. The number of carbonyl (C=O) groups excluding carboxylic acids is 2. The number of carbonyl (C=O) groups is 2. The molecule has 174 valence electrons. The van der Waals surface area contributed by atoms with Gasteiger partial charge in [0.2, 0.25) is 0 Å². The molecule has 5 rings (SSSR count). The van der Waals surface area contributed by atoms with Crippen molar-refractivity contribution in [2.45, 2.75) is 17.8 Å². The Balaban J connectivity index is 1.80. The Hall–Kier alpha value is -4.18. The van der Waals surface area contributed by atoms with Crippen molar-refractivity contribution >= 4 is 17.1 Å². The highest BCUT2D eigenvalue weighted by atomic mass is 16.5. The molecule has 3 aromatic rings. The van der Waals surface area contributed by atoms with Crippen molar-refractivity contribution in [3.63, 3.8) is 0 Å². The summed E-state index contributed by atoms with van der Waals surface area (Å²) in [4.78, 5) is 28.4. The molecule has 2 aliphatic carbocycles. The molecular weight excluding hydrogens is 436 g/mol. The molecule has 0 bridgehead atoms. The van der Waals surface area contributed by atoms with Crippen LogP contribution < -0.4 is 4.74 Å². The van der Waals surface area contributed by atoms with Crippen molar-refractivity contribution in [2.75, 3.05) is 7.11 Å². The molecule has 0 fully saturated rings. The number of hydrogen-bond donors (Lipinski definition) is 1. The number of phenolic OH excluding ortho intramolecular Hbond substituents is 1. The third-order valence-corrected chi connectivity index (χ3v) is 7.30. The van der Waals surface area contributed by atoms with Gasteiger partial charge in [-0.05, 0) is 46.9 Å². The molecule has 0 aliphatic heterocycles. The third kappa shape index (κ3) is 3.45. The number of phenols is 1. The number of Topliss-reactive ketones (excluding diaryl/α,β-unsaturated/α-hetero) is 1. The Morgan fingerprint density at radius 2 is 1.69 bits per heavy atom. The zero-order valence-corrected chi connectivity index (χ0v) is 19.5. The minimum Gasteiger partial charge on any atom is -0.504 e. The Morgan fingerprint density at radius 1 is 1.00 bits per heavy atom. The van der Waals surface area contributed by atoms with Crippen molar-refractivity contribution in [3.05, 3.63) is 126 Å². The highest BCUT2D eigenvalue weighted by Gasteiger charge is 2.59. The zero-order valence-electron chi connectivity index (χ0n) is 19.5. The van der Waals surface area contributed by atoms with E-state index in [2.05, 4.69) is 6.58 Å². The summed E-state index contributed by atoms with van der Waals surface area (Å²) in [7, 11) is 1.49. The maximum Gasteiger partial charge on any atom is 0.168 e. The van der Waals surface area contributed by atoms with Crippen LogP contribution in [0.4, 0.5) is 0 Å². The standard InChI is InChI=1S/C31H26O4/c1-3-20-14-16-25-30(34)24(21-10-6-4-7-11-21)19-28(33)31(25,23-12-8-5-9-13-23)29(20)22-15-17-27(35-2)26(32)18-22/h3-15,17-19,25,29,32H,1,16H2,2H3. The number of benzene rings is 3. The fourth-order valence-corrected chi connectivity index (χ4v) is 5.77. The van der Waals surface area contributed by atoms with Crippen LogP contribution in [0, 0.1) is 5.92 Å². The molecule has 4 nitrogen and oxygen atoms in total.